The second-order valence-corrected chi connectivity index (χ2v) is 3.71. The van der Waals surface area contributed by atoms with Crippen LogP contribution in [0, 0.1) is 12.3 Å². The highest BCUT2D eigenvalue weighted by Gasteiger charge is 2.16. The lowest BCUT2D eigenvalue weighted by Gasteiger charge is -2.21. The van der Waals surface area contributed by atoms with Crippen LogP contribution in [0.2, 0.25) is 0 Å². The lowest BCUT2D eigenvalue weighted by molar-refractivity contribution is -0.0260. The Kier molecular flexibility index (Phi) is 6.56. The first kappa shape index (κ1) is 14.2. The Morgan fingerprint density at radius 2 is 1.72 bits per heavy atom. The fourth-order valence-corrected chi connectivity index (χ4v) is 1.51. The van der Waals surface area contributed by atoms with Crippen LogP contribution < -0.4 is 0 Å². The number of rotatable bonds is 8. The normalized spacial score (nSPS) is 13.3. The average molecular weight is 242 g/mol. The summed E-state index contributed by atoms with van der Waals surface area (Å²) in [6.45, 7) is 8.20. The molecule has 1 rings (SSSR count). The molecule has 0 heterocycles. The second kappa shape index (κ2) is 8.30. The summed E-state index contributed by atoms with van der Waals surface area (Å²) in [7, 11) is 0. The van der Waals surface area contributed by atoms with Gasteiger partial charge in [-0.2, -0.15) is 0 Å². The Balaban J connectivity index is 2.53. The van der Waals surface area contributed by atoms with Crippen LogP contribution in [0.1, 0.15) is 5.56 Å². The molecule has 0 aromatic heterocycles. The SMILES string of the molecule is C#CCO[C@H](C=C)[C@@H](C=C)OCc1ccccc1. The van der Waals surface area contributed by atoms with E-state index in [-0.39, 0.29) is 18.8 Å². The predicted octanol–water partition coefficient (Wildman–Crippen LogP) is 2.96. The van der Waals surface area contributed by atoms with Crippen LogP contribution in [0.15, 0.2) is 55.6 Å². The molecular weight excluding hydrogens is 224 g/mol. The summed E-state index contributed by atoms with van der Waals surface area (Å²) in [4.78, 5) is 0. The van der Waals surface area contributed by atoms with Gasteiger partial charge in [0.1, 0.15) is 18.8 Å². The van der Waals surface area contributed by atoms with Crippen LogP contribution in [0.3, 0.4) is 0 Å². The fraction of sp³-hybridized carbons (Fsp3) is 0.250. The minimum absolute atomic E-state index is 0.232. The summed E-state index contributed by atoms with van der Waals surface area (Å²) in [6, 6.07) is 9.93. The first-order valence-corrected chi connectivity index (χ1v) is 5.77. The maximum Gasteiger partial charge on any atom is 0.108 e. The molecule has 2 nitrogen and oxygen atoms in total. The van der Waals surface area contributed by atoms with Crippen LogP contribution >= 0.6 is 0 Å². The van der Waals surface area contributed by atoms with E-state index < -0.39 is 0 Å². The van der Waals surface area contributed by atoms with Gasteiger partial charge in [0.25, 0.3) is 0 Å². The molecular formula is C16H18O2. The van der Waals surface area contributed by atoms with E-state index in [1.807, 2.05) is 30.3 Å². The summed E-state index contributed by atoms with van der Waals surface area (Å²) < 4.78 is 11.2. The van der Waals surface area contributed by atoms with Gasteiger partial charge in [0.2, 0.25) is 0 Å². The molecule has 0 saturated heterocycles. The molecule has 94 valence electrons. The van der Waals surface area contributed by atoms with Crippen molar-refractivity contribution in [2.45, 2.75) is 18.8 Å². The van der Waals surface area contributed by atoms with Crippen LogP contribution in [0.5, 0.6) is 0 Å². The molecule has 0 radical (unpaired) electrons. The largest absolute Gasteiger partial charge is 0.366 e. The van der Waals surface area contributed by atoms with Crippen molar-refractivity contribution < 1.29 is 9.47 Å². The van der Waals surface area contributed by atoms with Gasteiger partial charge in [-0.15, -0.1) is 19.6 Å². The number of benzene rings is 1. The Hall–Kier alpha value is -1.82. The van der Waals surface area contributed by atoms with Crippen molar-refractivity contribution in [3.8, 4) is 12.3 Å². The van der Waals surface area contributed by atoms with Crippen LogP contribution in [0.25, 0.3) is 0 Å². The van der Waals surface area contributed by atoms with Crippen molar-refractivity contribution in [2.75, 3.05) is 6.61 Å². The zero-order valence-corrected chi connectivity index (χ0v) is 10.4. The number of hydrogen-bond donors (Lipinski definition) is 0. The summed E-state index contributed by atoms with van der Waals surface area (Å²) in [6.07, 6.45) is 8.01. The first-order chi connectivity index (χ1) is 8.81. The fourth-order valence-electron chi connectivity index (χ4n) is 1.51. The first-order valence-electron chi connectivity index (χ1n) is 5.77. The van der Waals surface area contributed by atoms with Crippen LogP contribution in [-0.2, 0) is 16.1 Å². The van der Waals surface area contributed by atoms with Gasteiger partial charge in [-0.25, -0.2) is 0 Å². The summed E-state index contributed by atoms with van der Waals surface area (Å²) in [5, 5.41) is 0. The maximum absolute atomic E-state index is 5.74. The topological polar surface area (TPSA) is 18.5 Å². The Bertz CT molecular complexity index is 403. The molecule has 0 aliphatic heterocycles. The average Bonchev–Trinajstić information content (AvgIpc) is 2.43. The van der Waals surface area contributed by atoms with Gasteiger partial charge >= 0.3 is 0 Å². The molecule has 0 bridgehead atoms. The van der Waals surface area contributed by atoms with E-state index >= 15 is 0 Å². The van der Waals surface area contributed by atoms with Gasteiger partial charge in [-0.3, -0.25) is 0 Å². The van der Waals surface area contributed by atoms with Gasteiger partial charge in [-0.1, -0.05) is 48.4 Å². The molecule has 0 saturated carbocycles. The van der Waals surface area contributed by atoms with Crippen molar-refractivity contribution in [3.63, 3.8) is 0 Å². The molecule has 18 heavy (non-hydrogen) atoms. The molecule has 0 N–H and O–H groups in total. The standard InChI is InChI=1S/C16H18O2/c1-4-12-17-15(5-2)16(6-3)18-13-14-10-8-7-9-11-14/h1,5-11,15-16H,2-3,12-13H2/t15-,16-/m1/s1. The molecule has 2 heteroatoms. The maximum atomic E-state index is 5.74. The highest BCUT2D eigenvalue weighted by Crippen LogP contribution is 2.10. The third kappa shape index (κ3) is 4.58. The number of hydrogen-bond acceptors (Lipinski definition) is 2. The van der Waals surface area contributed by atoms with E-state index in [0.717, 1.165) is 5.56 Å². The molecule has 0 unspecified atom stereocenters. The van der Waals surface area contributed by atoms with E-state index in [4.69, 9.17) is 15.9 Å². The third-order valence-corrected chi connectivity index (χ3v) is 2.43. The third-order valence-electron chi connectivity index (χ3n) is 2.43. The smallest absolute Gasteiger partial charge is 0.108 e. The quantitative estimate of drug-likeness (QED) is 0.515. The van der Waals surface area contributed by atoms with Crippen molar-refractivity contribution in [1.29, 1.82) is 0 Å². The lowest BCUT2D eigenvalue weighted by atomic mass is 10.2. The van der Waals surface area contributed by atoms with Crippen LogP contribution in [-0.4, -0.2) is 18.8 Å². The highest BCUT2D eigenvalue weighted by atomic mass is 16.5. The van der Waals surface area contributed by atoms with E-state index in [0.29, 0.717) is 6.61 Å². The summed E-state index contributed by atoms with van der Waals surface area (Å²) in [5.74, 6) is 2.43. The minimum Gasteiger partial charge on any atom is -0.366 e. The lowest BCUT2D eigenvalue weighted by Crippen LogP contribution is -2.28. The van der Waals surface area contributed by atoms with Crippen molar-refractivity contribution in [1.82, 2.24) is 0 Å². The van der Waals surface area contributed by atoms with Crippen molar-refractivity contribution in [3.05, 3.63) is 61.2 Å². The van der Waals surface area contributed by atoms with Gasteiger partial charge in [-0.05, 0) is 5.56 Å². The van der Waals surface area contributed by atoms with Crippen molar-refractivity contribution in [2.24, 2.45) is 0 Å². The number of terminal acetylenes is 1. The molecule has 0 spiro atoms. The van der Waals surface area contributed by atoms with E-state index in [2.05, 4.69) is 19.1 Å². The summed E-state index contributed by atoms with van der Waals surface area (Å²) >= 11 is 0. The molecule has 0 aliphatic rings. The van der Waals surface area contributed by atoms with Crippen molar-refractivity contribution >= 4 is 0 Å². The Morgan fingerprint density at radius 1 is 1.11 bits per heavy atom. The minimum atomic E-state index is -0.276. The zero-order valence-electron chi connectivity index (χ0n) is 10.4. The Labute approximate surface area is 109 Å². The molecule has 1 aromatic rings. The molecule has 0 fully saturated rings. The Morgan fingerprint density at radius 3 is 2.28 bits per heavy atom. The molecule has 0 aliphatic carbocycles. The van der Waals surface area contributed by atoms with E-state index in [1.165, 1.54) is 0 Å². The second-order valence-electron chi connectivity index (χ2n) is 3.71. The summed E-state index contributed by atoms with van der Waals surface area (Å²) in [5.41, 5.74) is 1.10. The van der Waals surface area contributed by atoms with Gasteiger partial charge in [0.15, 0.2) is 0 Å². The van der Waals surface area contributed by atoms with Gasteiger partial charge in [0.05, 0.1) is 6.61 Å². The van der Waals surface area contributed by atoms with Crippen LogP contribution in [0.4, 0.5) is 0 Å². The molecule has 0 amide bonds. The highest BCUT2D eigenvalue weighted by molar-refractivity contribution is 5.13. The molecule has 1 aromatic carbocycles. The van der Waals surface area contributed by atoms with Gasteiger partial charge < -0.3 is 9.47 Å². The predicted molar refractivity (Wildman–Crippen MR) is 74.0 cm³/mol. The number of ether oxygens (including phenoxy) is 2. The zero-order chi connectivity index (χ0) is 13.2. The van der Waals surface area contributed by atoms with Gasteiger partial charge in [0, 0.05) is 0 Å². The van der Waals surface area contributed by atoms with E-state index in [1.54, 1.807) is 12.2 Å². The molecule has 2 atom stereocenters. The van der Waals surface area contributed by atoms with E-state index in [9.17, 15) is 0 Å². The monoisotopic (exact) mass is 242 g/mol.